The molecule has 1 heterocycles. The van der Waals surface area contributed by atoms with Gasteiger partial charge in [0.05, 0.1) is 13.2 Å². The number of carbonyl (C=O) groups excluding carboxylic acids is 1. The van der Waals surface area contributed by atoms with Crippen molar-refractivity contribution in [3.63, 3.8) is 0 Å². The molecule has 0 atom stereocenters. The SMILES string of the molecule is CCCOc1ccc(-c2nonc2NC(=O)c2ccc(OCC)cc2)cc1. The number of ether oxygens (including phenoxy) is 2. The van der Waals surface area contributed by atoms with E-state index in [0.29, 0.717) is 30.2 Å². The van der Waals surface area contributed by atoms with E-state index >= 15 is 0 Å². The number of amides is 1. The summed E-state index contributed by atoms with van der Waals surface area (Å²) in [6.45, 7) is 5.19. The molecule has 0 aliphatic rings. The molecular weight excluding hydrogens is 346 g/mol. The highest BCUT2D eigenvalue weighted by molar-refractivity contribution is 6.05. The molecule has 1 N–H and O–H groups in total. The predicted octanol–water partition coefficient (Wildman–Crippen LogP) is 4.18. The summed E-state index contributed by atoms with van der Waals surface area (Å²) in [6, 6.07) is 14.2. The average Bonchev–Trinajstić information content (AvgIpc) is 3.15. The fraction of sp³-hybridized carbons (Fsp3) is 0.250. The second-order valence-electron chi connectivity index (χ2n) is 5.75. The van der Waals surface area contributed by atoms with Gasteiger partial charge in [-0.1, -0.05) is 6.92 Å². The fourth-order valence-corrected chi connectivity index (χ4v) is 2.44. The predicted molar refractivity (Wildman–Crippen MR) is 101 cm³/mol. The normalized spacial score (nSPS) is 10.4. The average molecular weight is 367 g/mol. The van der Waals surface area contributed by atoms with Gasteiger partial charge >= 0.3 is 0 Å². The third-order valence-corrected chi connectivity index (χ3v) is 3.75. The van der Waals surface area contributed by atoms with Crippen LogP contribution in [0.3, 0.4) is 0 Å². The first-order chi connectivity index (χ1) is 13.2. The largest absolute Gasteiger partial charge is 0.494 e. The number of hydrogen-bond donors (Lipinski definition) is 1. The summed E-state index contributed by atoms with van der Waals surface area (Å²) in [5.41, 5.74) is 1.70. The maximum atomic E-state index is 12.5. The monoisotopic (exact) mass is 367 g/mol. The molecule has 3 rings (SSSR count). The van der Waals surface area contributed by atoms with Crippen LogP contribution in [0.5, 0.6) is 11.5 Å². The first-order valence-corrected chi connectivity index (χ1v) is 8.81. The van der Waals surface area contributed by atoms with Crippen LogP contribution in [-0.4, -0.2) is 29.4 Å². The first-order valence-electron chi connectivity index (χ1n) is 8.81. The van der Waals surface area contributed by atoms with Gasteiger partial charge in [-0.2, -0.15) is 0 Å². The Balaban J connectivity index is 1.72. The summed E-state index contributed by atoms with van der Waals surface area (Å²) in [5.74, 6) is 1.44. The molecule has 7 nitrogen and oxygen atoms in total. The van der Waals surface area contributed by atoms with Crippen molar-refractivity contribution >= 4 is 11.7 Å². The van der Waals surface area contributed by atoms with E-state index in [-0.39, 0.29) is 11.7 Å². The molecule has 7 heteroatoms. The second kappa shape index (κ2) is 8.84. The zero-order valence-electron chi connectivity index (χ0n) is 15.3. The van der Waals surface area contributed by atoms with Crippen LogP contribution in [0.25, 0.3) is 11.3 Å². The van der Waals surface area contributed by atoms with Crippen molar-refractivity contribution in [2.45, 2.75) is 20.3 Å². The Hall–Kier alpha value is -3.35. The number of benzene rings is 2. The minimum Gasteiger partial charge on any atom is -0.494 e. The lowest BCUT2D eigenvalue weighted by Gasteiger charge is -2.07. The van der Waals surface area contributed by atoms with E-state index in [1.165, 1.54) is 0 Å². The summed E-state index contributed by atoms with van der Waals surface area (Å²) in [7, 11) is 0. The standard InChI is InChI=1S/C20H21N3O4/c1-3-13-26-17-9-5-14(6-10-17)18-19(23-27-22-18)21-20(24)15-7-11-16(12-8-15)25-4-2/h5-12H,3-4,13H2,1-2H3,(H,21,23,24). The summed E-state index contributed by atoms with van der Waals surface area (Å²) >= 11 is 0. The van der Waals surface area contributed by atoms with Crippen LogP contribution >= 0.6 is 0 Å². The minimum atomic E-state index is -0.308. The van der Waals surface area contributed by atoms with Gasteiger partial charge in [0.1, 0.15) is 11.5 Å². The summed E-state index contributed by atoms with van der Waals surface area (Å²) in [5, 5.41) is 10.4. The van der Waals surface area contributed by atoms with E-state index in [9.17, 15) is 4.79 Å². The fourth-order valence-electron chi connectivity index (χ4n) is 2.44. The zero-order valence-corrected chi connectivity index (χ0v) is 15.3. The van der Waals surface area contributed by atoms with Gasteiger partial charge in [0, 0.05) is 11.1 Å². The molecule has 0 unspecified atom stereocenters. The van der Waals surface area contributed by atoms with E-state index < -0.39 is 0 Å². The molecule has 1 aromatic heterocycles. The molecule has 0 spiro atoms. The van der Waals surface area contributed by atoms with Crippen molar-refractivity contribution in [1.82, 2.24) is 10.3 Å². The molecule has 0 saturated heterocycles. The summed E-state index contributed by atoms with van der Waals surface area (Å²) in [6.07, 6.45) is 0.941. The number of nitrogens with one attached hydrogen (secondary N) is 1. The molecule has 0 saturated carbocycles. The Labute approximate surface area is 157 Å². The van der Waals surface area contributed by atoms with Gasteiger partial charge in [0.2, 0.25) is 5.82 Å². The number of carbonyl (C=O) groups is 1. The lowest BCUT2D eigenvalue weighted by atomic mass is 10.1. The Morgan fingerprint density at radius 1 is 0.963 bits per heavy atom. The maximum absolute atomic E-state index is 12.5. The topological polar surface area (TPSA) is 86.5 Å². The molecular formula is C20H21N3O4. The van der Waals surface area contributed by atoms with Crippen molar-refractivity contribution in [1.29, 1.82) is 0 Å². The lowest BCUT2D eigenvalue weighted by Crippen LogP contribution is -2.12. The Kier molecular flexibility index (Phi) is 6.04. The van der Waals surface area contributed by atoms with Crippen molar-refractivity contribution in [2.75, 3.05) is 18.5 Å². The highest BCUT2D eigenvalue weighted by Gasteiger charge is 2.16. The third kappa shape index (κ3) is 4.63. The second-order valence-corrected chi connectivity index (χ2v) is 5.75. The molecule has 0 fully saturated rings. The molecule has 2 aromatic carbocycles. The molecule has 0 aliphatic carbocycles. The van der Waals surface area contributed by atoms with Crippen LogP contribution < -0.4 is 14.8 Å². The lowest BCUT2D eigenvalue weighted by molar-refractivity contribution is 0.102. The van der Waals surface area contributed by atoms with E-state index in [2.05, 4.69) is 22.6 Å². The Morgan fingerprint density at radius 2 is 1.63 bits per heavy atom. The number of nitrogens with zero attached hydrogens (tertiary/aromatic N) is 2. The number of anilines is 1. The van der Waals surface area contributed by atoms with Crippen LogP contribution in [0.4, 0.5) is 5.82 Å². The van der Waals surface area contributed by atoms with Gasteiger partial charge in [0.25, 0.3) is 5.91 Å². The van der Waals surface area contributed by atoms with Crippen LogP contribution in [0.2, 0.25) is 0 Å². The van der Waals surface area contributed by atoms with Gasteiger partial charge in [-0.25, -0.2) is 4.63 Å². The molecule has 0 bridgehead atoms. The van der Waals surface area contributed by atoms with Crippen LogP contribution in [0.15, 0.2) is 53.2 Å². The molecule has 0 aliphatic heterocycles. The number of hydrogen-bond acceptors (Lipinski definition) is 6. The molecule has 27 heavy (non-hydrogen) atoms. The Morgan fingerprint density at radius 3 is 2.30 bits per heavy atom. The van der Waals surface area contributed by atoms with E-state index in [1.54, 1.807) is 24.3 Å². The van der Waals surface area contributed by atoms with E-state index in [0.717, 1.165) is 17.7 Å². The van der Waals surface area contributed by atoms with Gasteiger partial charge < -0.3 is 14.8 Å². The molecule has 3 aromatic rings. The van der Waals surface area contributed by atoms with E-state index in [1.807, 2.05) is 31.2 Å². The summed E-state index contributed by atoms with van der Waals surface area (Å²) < 4.78 is 15.8. The minimum absolute atomic E-state index is 0.260. The van der Waals surface area contributed by atoms with Crippen molar-refractivity contribution in [2.24, 2.45) is 0 Å². The first kappa shape index (κ1) is 18.4. The van der Waals surface area contributed by atoms with Crippen molar-refractivity contribution in [3.05, 3.63) is 54.1 Å². The summed E-state index contributed by atoms with van der Waals surface area (Å²) in [4.78, 5) is 12.5. The molecule has 140 valence electrons. The quantitative estimate of drug-likeness (QED) is 0.643. The van der Waals surface area contributed by atoms with Gasteiger partial charge in [-0.05, 0) is 72.2 Å². The van der Waals surface area contributed by atoms with Crippen LogP contribution in [0, 0.1) is 0 Å². The number of aromatic nitrogens is 2. The van der Waals surface area contributed by atoms with Crippen molar-refractivity contribution in [3.8, 4) is 22.8 Å². The smallest absolute Gasteiger partial charge is 0.256 e. The zero-order chi connectivity index (χ0) is 19.1. The van der Waals surface area contributed by atoms with Gasteiger partial charge in [-0.15, -0.1) is 0 Å². The van der Waals surface area contributed by atoms with Crippen molar-refractivity contribution < 1.29 is 18.9 Å². The van der Waals surface area contributed by atoms with Crippen LogP contribution in [-0.2, 0) is 0 Å². The Bertz CT molecular complexity index is 873. The molecule has 1 amide bonds. The third-order valence-electron chi connectivity index (χ3n) is 3.75. The van der Waals surface area contributed by atoms with E-state index in [4.69, 9.17) is 14.1 Å². The number of rotatable bonds is 8. The molecule has 0 radical (unpaired) electrons. The van der Waals surface area contributed by atoms with Gasteiger partial charge in [0.15, 0.2) is 5.69 Å². The highest BCUT2D eigenvalue weighted by Crippen LogP contribution is 2.27. The van der Waals surface area contributed by atoms with Gasteiger partial charge in [-0.3, -0.25) is 4.79 Å². The maximum Gasteiger partial charge on any atom is 0.256 e. The highest BCUT2D eigenvalue weighted by atomic mass is 16.6. The van der Waals surface area contributed by atoms with Crippen LogP contribution in [0.1, 0.15) is 30.6 Å².